The van der Waals surface area contributed by atoms with Crippen molar-refractivity contribution in [1.82, 2.24) is 0 Å². The molecule has 5 nitrogen and oxygen atoms in total. The van der Waals surface area contributed by atoms with E-state index in [1.165, 1.54) is 18.2 Å². The largest absolute Gasteiger partial charge is 0.388 e. The number of nitro groups is 1. The number of hydrogen-bond acceptors (Lipinski definition) is 4. The molecule has 0 bridgehead atoms. The van der Waals surface area contributed by atoms with E-state index in [0.717, 1.165) is 12.1 Å². The van der Waals surface area contributed by atoms with Crippen LogP contribution in [0.25, 0.3) is 0 Å². The Bertz CT molecular complexity index is 662. The molecule has 0 aliphatic carbocycles. The van der Waals surface area contributed by atoms with Crippen molar-refractivity contribution in [3.63, 3.8) is 0 Å². The number of non-ortho nitro benzene ring substituents is 1. The van der Waals surface area contributed by atoms with Crippen LogP contribution in [0.2, 0.25) is 0 Å². The van der Waals surface area contributed by atoms with E-state index in [9.17, 15) is 18.9 Å². The number of halogens is 2. The van der Waals surface area contributed by atoms with Gasteiger partial charge in [0.2, 0.25) is 0 Å². The van der Waals surface area contributed by atoms with Crippen LogP contribution in [0, 0.1) is 21.7 Å². The number of hydrogen-bond donors (Lipinski definition) is 2. The molecule has 0 spiro atoms. The van der Waals surface area contributed by atoms with E-state index in [-0.39, 0.29) is 11.4 Å². The summed E-state index contributed by atoms with van der Waals surface area (Å²) in [6.07, 6.45) is 0. The maximum absolute atomic E-state index is 13.5. The lowest BCUT2D eigenvalue weighted by atomic mass is 10.2. The Morgan fingerprint density at radius 2 is 1.80 bits per heavy atom. The van der Waals surface area contributed by atoms with Crippen LogP contribution < -0.4 is 10.6 Å². The predicted octanol–water partition coefficient (Wildman–Crippen LogP) is 3.66. The summed E-state index contributed by atoms with van der Waals surface area (Å²) in [5, 5.41) is 16.3. The number of benzene rings is 2. The number of nitrogens with one attached hydrogen (secondary N) is 2. The van der Waals surface area contributed by atoms with Gasteiger partial charge >= 0.3 is 0 Å². The summed E-state index contributed by atoms with van der Waals surface area (Å²) in [6, 6.07) is 7.26. The minimum Gasteiger partial charge on any atom is -0.388 e. The molecule has 2 rings (SSSR count). The van der Waals surface area contributed by atoms with E-state index in [4.69, 9.17) is 0 Å². The Kier molecular flexibility index (Phi) is 3.79. The topological polar surface area (TPSA) is 67.2 Å². The second kappa shape index (κ2) is 5.52. The van der Waals surface area contributed by atoms with Crippen molar-refractivity contribution in [2.45, 2.75) is 0 Å². The number of anilines is 3. The lowest BCUT2D eigenvalue weighted by molar-refractivity contribution is -0.384. The summed E-state index contributed by atoms with van der Waals surface area (Å²) in [5.74, 6) is -1.47. The first-order chi connectivity index (χ1) is 9.49. The highest BCUT2D eigenvalue weighted by molar-refractivity contribution is 5.68. The molecule has 2 aromatic rings. The SMILES string of the molecule is CNc1cc(Nc2ccc(F)cc2F)cc([N+](=O)[O-])c1. The van der Waals surface area contributed by atoms with E-state index in [2.05, 4.69) is 10.6 Å². The molecule has 0 saturated heterocycles. The maximum atomic E-state index is 13.5. The quantitative estimate of drug-likeness (QED) is 0.662. The molecule has 0 heterocycles. The van der Waals surface area contributed by atoms with Crippen molar-refractivity contribution in [3.05, 3.63) is 58.1 Å². The lowest BCUT2D eigenvalue weighted by Crippen LogP contribution is -1.98. The van der Waals surface area contributed by atoms with Crippen LogP contribution >= 0.6 is 0 Å². The molecule has 0 fully saturated rings. The second-order valence-electron chi connectivity index (χ2n) is 4.02. The fourth-order valence-electron chi connectivity index (χ4n) is 1.68. The van der Waals surface area contributed by atoms with Gasteiger partial charge in [0.25, 0.3) is 5.69 Å². The van der Waals surface area contributed by atoms with Gasteiger partial charge in [0, 0.05) is 36.6 Å². The molecule has 0 saturated carbocycles. The van der Waals surface area contributed by atoms with Crippen molar-refractivity contribution in [3.8, 4) is 0 Å². The van der Waals surface area contributed by atoms with E-state index in [0.29, 0.717) is 11.4 Å². The summed E-state index contributed by atoms with van der Waals surface area (Å²) >= 11 is 0. The van der Waals surface area contributed by atoms with Gasteiger partial charge in [0.15, 0.2) is 0 Å². The molecule has 0 aromatic heterocycles. The molecule has 0 amide bonds. The first-order valence-electron chi connectivity index (χ1n) is 5.69. The van der Waals surface area contributed by atoms with Gasteiger partial charge in [0.05, 0.1) is 10.6 Å². The monoisotopic (exact) mass is 279 g/mol. The first-order valence-corrected chi connectivity index (χ1v) is 5.69. The molecule has 0 aliphatic heterocycles. The van der Waals surface area contributed by atoms with E-state index < -0.39 is 16.6 Å². The van der Waals surface area contributed by atoms with Gasteiger partial charge in [-0.15, -0.1) is 0 Å². The Morgan fingerprint density at radius 1 is 1.10 bits per heavy atom. The first kappa shape index (κ1) is 13.7. The Balaban J connectivity index is 2.37. The summed E-state index contributed by atoms with van der Waals surface area (Å²) < 4.78 is 26.3. The van der Waals surface area contributed by atoms with Gasteiger partial charge in [-0.1, -0.05) is 0 Å². The van der Waals surface area contributed by atoms with Gasteiger partial charge in [-0.2, -0.15) is 0 Å². The smallest absolute Gasteiger partial charge is 0.273 e. The van der Waals surface area contributed by atoms with Gasteiger partial charge in [-0.05, 0) is 18.2 Å². The third-order valence-corrected chi connectivity index (χ3v) is 2.63. The van der Waals surface area contributed by atoms with E-state index in [1.54, 1.807) is 13.1 Å². The standard InChI is InChI=1S/C13H11F2N3O2/c1-16-9-5-10(7-11(6-9)18(19)20)17-13-3-2-8(14)4-12(13)15/h2-7,16-17H,1H3. The molecule has 0 atom stereocenters. The fraction of sp³-hybridized carbons (Fsp3) is 0.0769. The van der Waals surface area contributed by atoms with E-state index in [1.807, 2.05) is 0 Å². The van der Waals surface area contributed by atoms with Crippen LogP contribution in [-0.2, 0) is 0 Å². The molecule has 20 heavy (non-hydrogen) atoms. The van der Waals surface area contributed by atoms with Crippen LogP contribution in [0.1, 0.15) is 0 Å². The average Bonchev–Trinajstić information content (AvgIpc) is 2.41. The molecular formula is C13H11F2N3O2. The zero-order valence-corrected chi connectivity index (χ0v) is 10.5. The van der Waals surface area contributed by atoms with Crippen molar-refractivity contribution in [2.75, 3.05) is 17.7 Å². The zero-order chi connectivity index (χ0) is 14.7. The number of nitro benzene ring substituents is 1. The van der Waals surface area contributed by atoms with Gasteiger partial charge in [0.1, 0.15) is 11.6 Å². The number of nitrogens with zero attached hydrogens (tertiary/aromatic N) is 1. The minimum absolute atomic E-state index is 0.0361. The molecule has 0 unspecified atom stereocenters. The third kappa shape index (κ3) is 3.00. The normalized spacial score (nSPS) is 10.2. The van der Waals surface area contributed by atoms with Crippen LogP contribution in [0.15, 0.2) is 36.4 Å². The number of rotatable bonds is 4. The molecule has 7 heteroatoms. The summed E-state index contributed by atoms with van der Waals surface area (Å²) in [4.78, 5) is 10.3. The summed E-state index contributed by atoms with van der Waals surface area (Å²) in [5.41, 5.74) is 0.731. The van der Waals surface area contributed by atoms with Crippen molar-refractivity contribution >= 4 is 22.7 Å². The third-order valence-electron chi connectivity index (χ3n) is 2.63. The maximum Gasteiger partial charge on any atom is 0.273 e. The van der Waals surface area contributed by atoms with Crippen LogP contribution in [0.4, 0.5) is 31.5 Å². The molecule has 0 radical (unpaired) electrons. The zero-order valence-electron chi connectivity index (χ0n) is 10.5. The van der Waals surface area contributed by atoms with E-state index >= 15 is 0 Å². The second-order valence-corrected chi connectivity index (χ2v) is 4.02. The lowest BCUT2D eigenvalue weighted by Gasteiger charge is -2.09. The highest BCUT2D eigenvalue weighted by atomic mass is 19.1. The fourth-order valence-corrected chi connectivity index (χ4v) is 1.68. The Labute approximate surface area is 113 Å². The van der Waals surface area contributed by atoms with Crippen molar-refractivity contribution < 1.29 is 13.7 Å². The van der Waals surface area contributed by atoms with Gasteiger partial charge < -0.3 is 10.6 Å². The highest BCUT2D eigenvalue weighted by Gasteiger charge is 2.11. The molecule has 104 valence electrons. The van der Waals surface area contributed by atoms with Crippen molar-refractivity contribution in [1.29, 1.82) is 0 Å². The van der Waals surface area contributed by atoms with Crippen LogP contribution in [-0.4, -0.2) is 12.0 Å². The Hall–Kier alpha value is -2.70. The molecule has 0 aliphatic rings. The predicted molar refractivity (Wildman–Crippen MR) is 72.3 cm³/mol. The van der Waals surface area contributed by atoms with Crippen LogP contribution in [0.5, 0.6) is 0 Å². The molecule has 2 N–H and O–H groups in total. The average molecular weight is 279 g/mol. The summed E-state index contributed by atoms with van der Waals surface area (Å²) in [6.45, 7) is 0. The van der Waals surface area contributed by atoms with Gasteiger partial charge in [-0.25, -0.2) is 8.78 Å². The van der Waals surface area contributed by atoms with Crippen LogP contribution in [0.3, 0.4) is 0 Å². The Morgan fingerprint density at radius 3 is 2.40 bits per heavy atom. The highest BCUT2D eigenvalue weighted by Crippen LogP contribution is 2.27. The van der Waals surface area contributed by atoms with Gasteiger partial charge in [-0.3, -0.25) is 10.1 Å². The van der Waals surface area contributed by atoms with Crippen molar-refractivity contribution in [2.24, 2.45) is 0 Å². The minimum atomic E-state index is -0.775. The summed E-state index contributed by atoms with van der Waals surface area (Å²) in [7, 11) is 1.61. The molecule has 2 aromatic carbocycles. The molecular weight excluding hydrogens is 268 g/mol.